The van der Waals surface area contributed by atoms with Crippen molar-refractivity contribution in [3.8, 4) is 0 Å². The number of methoxy groups -OCH3 is 1. The molecule has 110 valence electrons. The third-order valence-electron chi connectivity index (χ3n) is 3.63. The standard InChI is InChI=1S/C15H20ClNO3/c1-17(8-12(18)9-20-2)15(19)14-7-13(14)10-3-5-11(16)6-4-10/h3-6,12-14,18H,7-9H2,1-2H3. The predicted molar refractivity (Wildman–Crippen MR) is 77.8 cm³/mol. The highest BCUT2D eigenvalue weighted by Gasteiger charge is 2.45. The van der Waals surface area contributed by atoms with Gasteiger partial charge in [0.05, 0.1) is 12.7 Å². The number of likely N-dealkylation sites (N-methyl/N-ethyl adjacent to an activating group) is 1. The van der Waals surface area contributed by atoms with Gasteiger partial charge in [0.1, 0.15) is 0 Å². The fourth-order valence-electron chi connectivity index (χ4n) is 2.48. The zero-order valence-electron chi connectivity index (χ0n) is 11.8. The molecule has 1 aromatic rings. The highest BCUT2D eigenvalue weighted by atomic mass is 35.5. The molecule has 5 heteroatoms. The lowest BCUT2D eigenvalue weighted by molar-refractivity contribution is -0.133. The van der Waals surface area contributed by atoms with Crippen molar-refractivity contribution in [1.82, 2.24) is 4.90 Å². The Bertz CT molecular complexity index is 463. The van der Waals surface area contributed by atoms with Crippen molar-refractivity contribution in [3.63, 3.8) is 0 Å². The Morgan fingerprint density at radius 1 is 1.50 bits per heavy atom. The topological polar surface area (TPSA) is 49.8 Å². The Labute approximate surface area is 124 Å². The van der Waals surface area contributed by atoms with Crippen molar-refractivity contribution >= 4 is 17.5 Å². The highest BCUT2D eigenvalue weighted by molar-refractivity contribution is 6.30. The Morgan fingerprint density at radius 3 is 2.75 bits per heavy atom. The minimum Gasteiger partial charge on any atom is -0.389 e. The number of ether oxygens (including phenoxy) is 1. The van der Waals surface area contributed by atoms with Gasteiger partial charge in [0.2, 0.25) is 5.91 Å². The van der Waals surface area contributed by atoms with E-state index in [4.69, 9.17) is 16.3 Å². The number of hydrogen-bond donors (Lipinski definition) is 1. The van der Waals surface area contributed by atoms with Crippen LogP contribution in [0, 0.1) is 5.92 Å². The molecule has 4 nitrogen and oxygen atoms in total. The largest absolute Gasteiger partial charge is 0.389 e. The Hall–Kier alpha value is -1.10. The van der Waals surface area contributed by atoms with Crippen LogP contribution in [0.5, 0.6) is 0 Å². The summed E-state index contributed by atoms with van der Waals surface area (Å²) in [4.78, 5) is 13.8. The molecule has 0 radical (unpaired) electrons. The van der Waals surface area contributed by atoms with Gasteiger partial charge in [0, 0.05) is 31.6 Å². The first kappa shape index (κ1) is 15.3. The molecule has 3 atom stereocenters. The molecule has 0 bridgehead atoms. The van der Waals surface area contributed by atoms with Crippen LogP contribution in [-0.2, 0) is 9.53 Å². The molecule has 1 aliphatic carbocycles. The number of amides is 1. The van der Waals surface area contributed by atoms with Gasteiger partial charge < -0.3 is 14.7 Å². The molecule has 1 saturated carbocycles. The summed E-state index contributed by atoms with van der Waals surface area (Å²) in [5, 5.41) is 10.4. The third-order valence-corrected chi connectivity index (χ3v) is 3.88. The van der Waals surface area contributed by atoms with Gasteiger partial charge in [-0.2, -0.15) is 0 Å². The Kier molecular flexibility index (Phi) is 5.02. The summed E-state index contributed by atoms with van der Waals surface area (Å²) in [6, 6.07) is 7.64. The number of halogens is 1. The van der Waals surface area contributed by atoms with E-state index in [0.717, 1.165) is 12.0 Å². The summed E-state index contributed by atoms with van der Waals surface area (Å²) >= 11 is 5.86. The fraction of sp³-hybridized carbons (Fsp3) is 0.533. The van der Waals surface area contributed by atoms with E-state index < -0.39 is 6.10 Å². The molecule has 0 aliphatic heterocycles. The summed E-state index contributed by atoms with van der Waals surface area (Å²) in [6.07, 6.45) is 0.229. The Balaban J connectivity index is 1.87. The molecule has 20 heavy (non-hydrogen) atoms. The molecule has 1 aromatic carbocycles. The molecule has 1 amide bonds. The summed E-state index contributed by atoms with van der Waals surface area (Å²) in [6.45, 7) is 0.541. The van der Waals surface area contributed by atoms with Crippen molar-refractivity contribution in [2.24, 2.45) is 5.92 Å². The number of aliphatic hydroxyl groups excluding tert-OH is 1. The molecular weight excluding hydrogens is 278 g/mol. The SMILES string of the molecule is COCC(O)CN(C)C(=O)C1CC1c1ccc(Cl)cc1. The maximum absolute atomic E-state index is 12.2. The van der Waals surface area contributed by atoms with E-state index >= 15 is 0 Å². The summed E-state index contributed by atoms with van der Waals surface area (Å²) < 4.78 is 4.86. The van der Waals surface area contributed by atoms with Crippen LogP contribution in [0.1, 0.15) is 17.9 Å². The fourth-order valence-corrected chi connectivity index (χ4v) is 2.61. The van der Waals surface area contributed by atoms with Crippen LogP contribution in [0.2, 0.25) is 5.02 Å². The van der Waals surface area contributed by atoms with E-state index in [2.05, 4.69) is 0 Å². The average molecular weight is 298 g/mol. The molecule has 0 spiro atoms. The lowest BCUT2D eigenvalue weighted by atomic mass is 10.1. The minimum atomic E-state index is -0.637. The molecule has 1 fully saturated rings. The number of hydrogen-bond acceptors (Lipinski definition) is 3. The zero-order valence-corrected chi connectivity index (χ0v) is 12.5. The van der Waals surface area contributed by atoms with Gasteiger partial charge in [-0.05, 0) is 30.0 Å². The predicted octanol–water partition coefficient (Wildman–Crippen LogP) is 1.91. The minimum absolute atomic E-state index is 0.0240. The van der Waals surface area contributed by atoms with Gasteiger partial charge >= 0.3 is 0 Å². The molecule has 0 heterocycles. The smallest absolute Gasteiger partial charge is 0.226 e. The van der Waals surface area contributed by atoms with Gasteiger partial charge in [0.15, 0.2) is 0 Å². The van der Waals surface area contributed by atoms with Crippen molar-refractivity contribution in [2.45, 2.75) is 18.4 Å². The van der Waals surface area contributed by atoms with E-state index in [9.17, 15) is 9.90 Å². The van der Waals surface area contributed by atoms with Crippen LogP contribution >= 0.6 is 11.6 Å². The zero-order chi connectivity index (χ0) is 14.7. The van der Waals surface area contributed by atoms with Crippen LogP contribution in [0.3, 0.4) is 0 Å². The quantitative estimate of drug-likeness (QED) is 0.872. The van der Waals surface area contributed by atoms with E-state index in [1.54, 1.807) is 11.9 Å². The van der Waals surface area contributed by atoms with Gasteiger partial charge in [0.25, 0.3) is 0 Å². The number of aliphatic hydroxyl groups is 1. The van der Waals surface area contributed by atoms with Crippen LogP contribution in [0.4, 0.5) is 0 Å². The number of carbonyl (C=O) groups is 1. The second-order valence-electron chi connectivity index (χ2n) is 5.33. The highest BCUT2D eigenvalue weighted by Crippen LogP contribution is 2.48. The first-order valence-electron chi connectivity index (χ1n) is 6.70. The first-order chi connectivity index (χ1) is 9.52. The summed E-state index contributed by atoms with van der Waals surface area (Å²) in [5.74, 6) is 0.387. The van der Waals surface area contributed by atoms with Gasteiger partial charge in [-0.15, -0.1) is 0 Å². The summed E-state index contributed by atoms with van der Waals surface area (Å²) in [7, 11) is 3.25. The van der Waals surface area contributed by atoms with Crippen molar-refractivity contribution in [2.75, 3.05) is 27.3 Å². The third kappa shape index (κ3) is 3.72. The van der Waals surface area contributed by atoms with Crippen molar-refractivity contribution < 1.29 is 14.6 Å². The molecular formula is C15H20ClNO3. The average Bonchev–Trinajstić information content (AvgIpc) is 3.19. The summed E-state index contributed by atoms with van der Waals surface area (Å²) in [5.41, 5.74) is 1.15. The monoisotopic (exact) mass is 297 g/mol. The first-order valence-corrected chi connectivity index (χ1v) is 7.08. The molecule has 1 aliphatic rings. The maximum Gasteiger partial charge on any atom is 0.226 e. The molecule has 3 unspecified atom stereocenters. The van der Waals surface area contributed by atoms with Crippen molar-refractivity contribution in [3.05, 3.63) is 34.9 Å². The Morgan fingerprint density at radius 2 is 2.15 bits per heavy atom. The second kappa shape index (κ2) is 6.57. The van der Waals surface area contributed by atoms with Crippen LogP contribution in [0.25, 0.3) is 0 Å². The van der Waals surface area contributed by atoms with E-state index in [1.807, 2.05) is 24.3 Å². The van der Waals surface area contributed by atoms with Crippen LogP contribution in [0.15, 0.2) is 24.3 Å². The number of nitrogens with zero attached hydrogens (tertiary/aromatic N) is 1. The number of carbonyl (C=O) groups excluding carboxylic acids is 1. The van der Waals surface area contributed by atoms with Gasteiger partial charge in [-0.1, -0.05) is 23.7 Å². The second-order valence-corrected chi connectivity index (χ2v) is 5.76. The number of benzene rings is 1. The van der Waals surface area contributed by atoms with E-state index in [-0.39, 0.29) is 24.3 Å². The lowest BCUT2D eigenvalue weighted by Crippen LogP contribution is -2.37. The van der Waals surface area contributed by atoms with E-state index in [0.29, 0.717) is 11.6 Å². The molecule has 1 N–H and O–H groups in total. The maximum atomic E-state index is 12.2. The van der Waals surface area contributed by atoms with Crippen LogP contribution < -0.4 is 0 Å². The van der Waals surface area contributed by atoms with Crippen molar-refractivity contribution in [1.29, 1.82) is 0 Å². The molecule has 0 saturated heterocycles. The number of rotatable bonds is 6. The van der Waals surface area contributed by atoms with E-state index in [1.165, 1.54) is 7.11 Å². The molecule has 2 rings (SSSR count). The lowest BCUT2D eigenvalue weighted by Gasteiger charge is -2.20. The molecule has 0 aromatic heterocycles. The normalized spacial score (nSPS) is 22.4. The van der Waals surface area contributed by atoms with Crippen LogP contribution in [-0.4, -0.2) is 49.3 Å². The van der Waals surface area contributed by atoms with Gasteiger partial charge in [-0.25, -0.2) is 0 Å². The van der Waals surface area contributed by atoms with Gasteiger partial charge in [-0.3, -0.25) is 4.79 Å².